The number of likely N-dealkylation sites (tertiary alicyclic amines) is 1. The Kier molecular flexibility index (Phi) is 7.46. The number of amides is 2. The molecule has 0 aromatic heterocycles. The van der Waals surface area contributed by atoms with E-state index in [1.807, 2.05) is 30.3 Å². The van der Waals surface area contributed by atoms with E-state index in [2.05, 4.69) is 46.7 Å². The van der Waals surface area contributed by atoms with Crippen molar-refractivity contribution in [3.63, 3.8) is 0 Å². The van der Waals surface area contributed by atoms with Crippen LogP contribution in [0.1, 0.15) is 35.6 Å². The Morgan fingerprint density at radius 2 is 1.79 bits per heavy atom. The number of benzene rings is 2. The lowest BCUT2D eigenvalue weighted by molar-refractivity contribution is 0.103. The van der Waals surface area contributed by atoms with Crippen LogP contribution < -0.4 is 10.6 Å². The van der Waals surface area contributed by atoms with Crippen LogP contribution in [-0.4, -0.2) is 43.7 Å². The summed E-state index contributed by atoms with van der Waals surface area (Å²) in [5.41, 5.74) is 3.79. The van der Waals surface area contributed by atoms with Crippen LogP contribution in [0.15, 0.2) is 54.6 Å². The Balaban J connectivity index is 1.39. The first-order chi connectivity index (χ1) is 13.7. The Morgan fingerprint density at radius 3 is 2.46 bits per heavy atom. The summed E-state index contributed by atoms with van der Waals surface area (Å²) in [5.74, 6) is 0. The molecule has 150 valence electrons. The molecular formula is C23H31N3O2. The largest absolute Gasteiger partial charge is 0.375 e. The van der Waals surface area contributed by atoms with Crippen molar-refractivity contribution in [2.45, 2.75) is 38.5 Å². The van der Waals surface area contributed by atoms with Gasteiger partial charge in [0.05, 0.1) is 6.10 Å². The van der Waals surface area contributed by atoms with Gasteiger partial charge in [0, 0.05) is 39.3 Å². The van der Waals surface area contributed by atoms with Gasteiger partial charge in [-0.1, -0.05) is 54.6 Å². The molecule has 0 aliphatic carbocycles. The zero-order chi connectivity index (χ0) is 19.8. The number of ether oxygens (including phenoxy) is 1. The average Bonchev–Trinajstić information content (AvgIpc) is 2.72. The second-order valence-electron chi connectivity index (χ2n) is 7.47. The van der Waals surface area contributed by atoms with Crippen LogP contribution in [0.25, 0.3) is 0 Å². The molecule has 5 nitrogen and oxygen atoms in total. The van der Waals surface area contributed by atoms with Crippen molar-refractivity contribution in [2.75, 3.05) is 26.7 Å². The topological polar surface area (TPSA) is 53.6 Å². The highest BCUT2D eigenvalue weighted by atomic mass is 16.5. The van der Waals surface area contributed by atoms with E-state index >= 15 is 0 Å². The van der Waals surface area contributed by atoms with Gasteiger partial charge in [-0.05, 0) is 36.5 Å². The van der Waals surface area contributed by atoms with Crippen molar-refractivity contribution >= 4 is 6.03 Å². The maximum Gasteiger partial charge on any atom is 0.315 e. The summed E-state index contributed by atoms with van der Waals surface area (Å²) in [7, 11) is 1.67. The van der Waals surface area contributed by atoms with E-state index in [-0.39, 0.29) is 18.2 Å². The first-order valence-corrected chi connectivity index (χ1v) is 10.0. The quantitative estimate of drug-likeness (QED) is 0.770. The summed E-state index contributed by atoms with van der Waals surface area (Å²) in [5, 5.41) is 6.06. The molecule has 1 saturated heterocycles. The van der Waals surface area contributed by atoms with E-state index in [4.69, 9.17) is 4.74 Å². The standard InChI is InChI=1S/C23H31N3O2/c1-18-8-6-7-11-20(18)17-26-14-12-21(13-15-26)25-23(27)24-16-22(28-2)19-9-4-3-5-10-19/h3-11,21-22H,12-17H2,1-2H3,(H2,24,25,27)/t22-/m1/s1. The number of hydrogen-bond donors (Lipinski definition) is 2. The van der Waals surface area contributed by atoms with Crippen molar-refractivity contribution in [3.8, 4) is 0 Å². The third-order valence-electron chi connectivity index (χ3n) is 5.48. The molecule has 1 aliphatic heterocycles. The van der Waals surface area contributed by atoms with E-state index in [1.165, 1.54) is 11.1 Å². The van der Waals surface area contributed by atoms with E-state index in [1.54, 1.807) is 7.11 Å². The highest BCUT2D eigenvalue weighted by Gasteiger charge is 2.21. The van der Waals surface area contributed by atoms with Gasteiger partial charge in [-0.3, -0.25) is 4.90 Å². The van der Waals surface area contributed by atoms with Crippen LogP contribution in [0.4, 0.5) is 4.79 Å². The van der Waals surface area contributed by atoms with Crippen LogP contribution >= 0.6 is 0 Å². The molecular weight excluding hydrogens is 350 g/mol. The zero-order valence-electron chi connectivity index (χ0n) is 16.9. The molecule has 2 amide bonds. The maximum absolute atomic E-state index is 12.3. The van der Waals surface area contributed by atoms with Gasteiger partial charge >= 0.3 is 6.03 Å². The lowest BCUT2D eigenvalue weighted by atomic mass is 10.0. The number of urea groups is 1. The van der Waals surface area contributed by atoms with Crippen LogP contribution in [0, 0.1) is 6.92 Å². The number of rotatable bonds is 7. The maximum atomic E-state index is 12.3. The lowest BCUT2D eigenvalue weighted by Gasteiger charge is -2.32. The number of carbonyl (C=O) groups is 1. The fraction of sp³-hybridized carbons (Fsp3) is 0.435. The molecule has 0 saturated carbocycles. The predicted molar refractivity (Wildman–Crippen MR) is 112 cm³/mol. The fourth-order valence-electron chi connectivity index (χ4n) is 3.69. The molecule has 3 rings (SSSR count). The number of hydrogen-bond acceptors (Lipinski definition) is 3. The third kappa shape index (κ3) is 5.81. The molecule has 5 heteroatoms. The first kappa shape index (κ1) is 20.4. The predicted octanol–water partition coefficient (Wildman–Crippen LogP) is 3.65. The molecule has 28 heavy (non-hydrogen) atoms. The summed E-state index contributed by atoms with van der Waals surface area (Å²) in [6.45, 7) is 5.61. The molecule has 2 aromatic carbocycles. The highest BCUT2D eigenvalue weighted by Crippen LogP contribution is 2.17. The number of nitrogens with one attached hydrogen (secondary N) is 2. The van der Waals surface area contributed by atoms with E-state index < -0.39 is 0 Å². The second-order valence-corrected chi connectivity index (χ2v) is 7.47. The minimum Gasteiger partial charge on any atom is -0.375 e. The van der Waals surface area contributed by atoms with Crippen molar-refractivity contribution in [1.82, 2.24) is 15.5 Å². The molecule has 0 spiro atoms. The molecule has 2 aromatic rings. The molecule has 0 bridgehead atoms. The van der Waals surface area contributed by atoms with Crippen LogP contribution in [0.2, 0.25) is 0 Å². The van der Waals surface area contributed by atoms with Gasteiger partial charge in [0.2, 0.25) is 0 Å². The minimum atomic E-state index is -0.136. The lowest BCUT2D eigenvalue weighted by Crippen LogP contribution is -2.48. The Labute approximate surface area is 168 Å². The Morgan fingerprint density at radius 1 is 1.11 bits per heavy atom. The van der Waals surface area contributed by atoms with E-state index in [0.29, 0.717) is 6.54 Å². The van der Waals surface area contributed by atoms with Gasteiger partial charge in [-0.15, -0.1) is 0 Å². The zero-order valence-corrected chi connectivity index (χ0v) is 16.9. The van der Waals surface area contributed by atoms with Crippen molar-refractivity contribution in [3.05, 3.63) is 71.3 Å². The summed E-state index contributed by atoms with van der Waals surface area (Å²) in [6.07, 6.45) is 1.82. The van der Waals surface area contributed by atoms with Crippen LogP contribution in [0.3, 0.4) is 0 Å². The molecule has 1 heterocycles. The minimum absolute atomic E-state index is 0.115. The van der Waals surface area contributed by atoms with Gasteiger partial charge in [-0.25, -0.2) is 4.79 Å². The first-order valence-electron chi connectivity index (χ1n) is 10.0. The fourth-order valence-corrected chi connectivity index (χ4v) is 3.69. The van der Waals surface area contributed by atoms with Crippen LogP contribution in [-0.2, 0) is 11.3 Å². The molecule has 1 fully saturated rings. The second kappa shape index (κ2) is 10.2. The smallest absolute Gasteiger partial charge is 0.315 e. The van der Waals surface area contributed by atoms with Gasteiger partial charge in [-0.2, -0.15) is 0 Å². The number of nitrogens with zero attached hydrogens (tertiary/aromatic N) is 1. The van der Waals surface area contributed by atoms with Gasteiger partial charge < -0.3 is 15.4 Å². The van der Waals surface area contributed by atoms with Crippen molar-refractivity contribution in [2.24, 2.45) is 0 Å². The summed E-state index contributed by atoms with van der Waals surface area (Å²) >= 11 is 0. The molecule has 2 N–H and O–H groups in total. The molecule has 0 unspecified atom stereocenters. The summed E-state index contributed by atoms with van der Waals surface area (Å²) in [6, 6.07) is 18.6. The summed E-state index contributed by atoms with van der Waals surface area (Å²) in [4.78, 5) is 14.8. The average molecular weight is 382 g/mol. The monoisotopic (exact) mass is 381 g/mol. The van der Waals surface area contributed by atoms with E-state index in [9.17, 15) is 4.79 Å². The van der Waals surface area contributed by atoms with Crippen molar-refractivity contribution < 1.29 is 9.53 Å². The van der Waals surface area contributed by atoms with Gasteiger partial charge in [0.1, 0.15) is 0 Å². The third-order valence-corrected chi connectivity index (χ3v) is 5.48. The highest BCUT2D eigenvalue weighted by molar-refractivity contribution is 5.74. The Bertz CT molecular complexity index is 743. The molecule has 1 atom stereocenters. The van der Waals surface area contributed by atoms with Gasteiger partial charge in [0.25, 0.3) is 0 Å². The number of piperidine rings is 1. The molecule has 1 aliphatic rings. The van der Waals surface area contributed by atoms with E-state index in [0.717, 1.165) is 38.0 Å². The number of aryl methyl sites for hydroxylation is 1. The Hall–Kier alpha value is -2.37. The normalized spacial score (nSPS) is 16.5. The SMILES string of the molecule is CO[C@H](CNC(=O)NC1CCN(Cc2ccccc2C)CC1)c1ccccc1. The van der Waals surface area contributed by atoms with Crippen LogP contribution in [0.5, 0.6) is 0 Å². The number of carbonyl (C=O) groups excluding carboxylic acids is 1. The van der Waals surface area contributed by atoms with Gasteiger partial charge in [0.15, 0.2) is 0 Å². The summed E-state index contributed by atoms with van der Waals surface area (Å²) < 4.78 is 5.51. The van der Waals surface area contributed by atoms with Crippen molar-refractivity contribution in [1.29, 1.82) is 0 Å². The molecule has 0 radical (unpaired) electrons. The number of methoxy groups -OCH3 is 1.